The largest absolute Gasteiger partial charge is 0.350 e. The Kier molecular flexibility index (Phi) is 4.93. The average Bonchev–Trinajstić information content (AvgIpc) is 3.23. The molecule has 5 nitrogen and oxygen atoms in total. The number of pyridine rings is 1. The van der Waals surface area contributed by atoms with E-state index >= 15 is 0 Å². The summed E-state index contributed by atoms with van der Waals surface area (Å²) in [5.74, 6) is 0.472. The van der Waals surface area contributed by atoms with Gasteiger partial charge in [-0.3, -0.25) is 14.6 Å². The lowest BCUT2D eigenvalue weighted by molar-refractivity contribution is -0.129. The van der Waals surface area contributed by atoms with Crippen molar-refractivity contribution in [3.05, 3.63) is 59.9 Å². The van der Waals surface area contributed by atoms with E-state index in [0.29, 0.717) is 18.7 Å². The Labute approximate surface area is 157 Å². The van der Waals surface area contributed by atoms with E-state index in [9.17, 15) is 9.59 Å². The van der Waals surface area contributed by atoms with Gasteiger partial charge in [0, 0.05) is 36.3 Å². The number of carbonyl (C=O) groups is 2. The van der Waals surface area contributed by atoms with Crippen molar-refractivity contribution in [1.29, 1.82) is 0 Å². The molecule has 1 aliphatic carbocycles. The smallest absolute Gasteiger partial charge is 0.230 e. The van der Waals surface area contributed by atoms with E-state index in [2.05, 4.69) is 34.6 Å². The van der Waals surface area contributed by atoms with Gasteiger partial charge in [-0.15, -0.1) is 11.8 Å². The number of likely N-dealkylation sites (tertiary alicyclic amines) is 1. The summed E-state index contributed by atoms with van der Waals surface area (Å²) < 4.78 is 0. The Morgan fingerprint density at radius 3 is 2.50 bits per heavy atom. The molecule has 1 aliphatic heterocycles. The lowest BCUT2D eigenvalue weighted by atomic mass is 10.1. The molecule has 0 spiro atoms. The van der Waals surface area contributed by atoms with Crippen LogP contribution < -0.4 is 5.32 Å². The predicted octanol–water partition coefficient (Wildman–Crippen LogP) is 2.06. The van der Waals surface area contributed by atoms with Crippen LogP contribution in [0.25, 0.3) is 0 Å². The molecule has 1 saturated heterocycles. The van der Waals surface area contributed by atoms with Gasteiger partial charge >= 0.3 is 0 Å². The van der Waals surface area contributed by atoms with Crippen LogP contribution in [0.15, 0.2) is 53.7 Å². The zero-order valence-electron chi connectivity index (χ0n) is 14.4. The minimum atomic E-state index is -0.0863. The number of fused-ring (bicyclic) bond motifs is 1. The zero-order chi connectivity index (χ0) is 17.9. The second-order valence-electron chi connectivity index (χ2n) is 6.82. The summed E-state index contributed by atoms with van der Waals surface area (Å²) in [5, 5.41) is 3.02. The number of nitrogens with zero attached hydrogens (tertiary/aromatic N) is 2. The average molecular weight is 367 g/mol. The zero-order valence-corrected chi connectivity index (χ0v) is 15.2. The van der Waals surface area contributed by atoms with Crippen molar-refractivity contribution in [3.8, 4) is 0 Å². The van der Waals surface area contributed by atoms with Gasteiger partial charge in [0.1, 0.15) is 0 Å². The second-order valence-corrected chi connectivity index (χ2v) is 7.87. The number of aromatic nitrogens is 1. The van der Waals surface area contributed by atoms with Crippen LogP contribution >= 0.6 is 11.8 Å². The summed E-state index contributed by atoms with van der Waals surface area (Å²) in [7, 11) is 0. The van der Waals surface area contributed by atoms with Gasteiger partial charge in [0.25, 0.3) is 0 Å². The summed E-state index contributed by atoms with van der Waals surface area (Å²) >= 11 is 1.48. The van der Waals surface area contributed by atoms with Crippen molar-refractivity contribution in [1.82, 2.24) is 15.2 Å². The van der Waals surface area contributed by atoms with E-state index in [1.807, 2.05) is 17.0 Å². The normalized spacial score (nSPS) is 19.6. The van der Waals surface area contributed by atoms with E-state index in [4.69, 9.17) is 0 Å². The third kappa shape index (κ3) is 3.75. The molecule has 2 amide bonds. The van der Waals surface area contributed by atoms with E-state index < -0.39 is 0 Å². The highest BCUT2D eigenvalue weighted by atomic mass is 32.2. The molecular weight excluding hydrogens is 346 g/mol. The first-order valence-electron chi connectivity index (χ1n) is 8.87. The number of hydrogen-bond acceptors (Lipinski definition) is 4. The van der Waals surface area contributed by atoms with Crippen LogP contribution in [0.5, 0.6) is 0 Å². The minimum absolute atomic E-state index is 0.0267. The highest BCUT2D eigenvalue weighted by molar-refractivity contribution is 8.00. The molecule has 26 heavy (non-hydrogen) atoms. The summed E-state index contributed by atoms with van der Waals surface area (Å²) in [6, 6.07) is 12.3. The van der Waals surface area contributed by atoms with Crippen LogP contribution in [0, 0.1) is 0 Å². The quantitative estimate of drug-likeness (QED) is 0.822. The molecule has 2 heterocycles. The van der Waals surface area contributed by atoms with E-state index in [-0.39, 0.29) is 23.9 Å². The van der Waals surface area contributed by atoms with Crippen molar-refractivity contribution >= 4 is 23.6 Å². The van der Waals surface area contributed by atoms with Gasteiger partial charge in [-0.1, -0.05) is 24.3 Å². The van der Waals surface area contributed by atoms with E-state index in [1.165, 1.54) is 22.9 Å². The standard InChI is InChI=1S/C20H21N3O2S/c24-19(13-26-18-5-7-21-8-6-18)22-16-11-20(25)23(12-16)17-9-14-3-1-2-4-15(14)10-17/h1-8,16-17H,9-13H2,(H,22,24). The molecule has 0 saturated carbocycles. The lowest BCUT2D eigenvalue weighted by Gasteiger charge is -2.24. The molecular formula is C20H21N3O2S. The lowest BCUT2D eigenvalue weighted by Crippen LogP contribution is -2.41. The second kappa shape index (κ2) is 7.50. The maximum absolute atomic E-state index is 12.4. The van der Waals surface area contributed by atoms with Gasteiger partial charge in [0.2, 0.25) is 11.8 Å². The van der Waals surface area contributed by atoms with Gasteiger partial charge in [0.15, 0.2) is 0 Å². The van der Waals surface area contributed by atoms with Crippen LogP contribution in [-0.2, 0) is 22.4 Å². The third-order valence-corrected chi connectivity index (χ3v) is 6.03. The molecule has 1 aromatic carbocycles. The highest BCUT2D eigenvalue weighted by Gasteiger charge is 2.37. The first-order valence-corrected chi connectivity index (χ1v) is 9.86. The molecule has 1 atom stereocenters. The molecule has 0 radical (unpaired) electrons. The molecule has 2 aliphatic rings. The minimum Gasteiger partial charge on any atom is -0.350 e. The Balaban J connectivity index is 1.29. The number of benzene rings is 1. The molecule has 1 N–H and O–H groups in total. The molecule has 1 unspecified atom stereocenters. The molecule has 134 valence electrons. The fraction of sp³-hybridized carbons (Fsp3) is 0.350. The molecule has 2 aromatic rings. The molecule has 6 heteroatoms. The summed E-state index contributed by atoms with van der Waals surface area (Å²) in [4.78, 5) is 31.6. The first kappa shape index (κ1) is 17.1. The number of carbonyl (C=O) groups excluding carboxylic acids is 2. The van der Waals surface area contributed by atoms with Crippen molar-refractivity contribution in [3.63, 3.8) is 0 Å². The molecule has 0 bridgehead atoms. The fourth-order valence-corrected chi connectivity index (χ4v) is 4.49. The molecule has 1 aromatic heterocycles. The maximum Gasteiger partial charge on any atom is 0.230 e. The Hall–Kier alpha value is -2.34. The third-order valence-electron chi connectivity index (χ3n) is 5.01. The maximum atomic E-state index is 12.4. The van der Waals surface area contributed by atoms with Crippen LogP contribution in [0.3, 0.4) is 0 Å². The van der Waals surface area contributed by atoms with Gasteiger partial charge < -0.3 is 10.2 Å². The topological polar surface area (TPSA) is 62.3 Å². The highest BCUT2D eigenvalue weighted by Crippen LogP contribution is 2.28. The predicted molar refractivity (Wildman–Crippen MR) is 101 cm³/mol. The van der Waals surface area contributed by atoms with E-state index in [0.717, 1.165) is 17.7 Å². The van der Waals surface area contributed by atoms with Crippen LogP contribution in [0.1, 0.15) is 17.5 Å². The van der Waals surface area contributed by atoms with Crippen LogP contribution in [0.2, 0.25) is 0 Å². The van der Waals surface area contributed by atoms with Gasteiger partial charge in [-0.25, -0.2) is 0 Å². The Bertz CT molecular complexity index is 787. The van der Waals surface area contributed by atoms with Gasteiger partial charge in [-0.2, -0.15) is 0 Å². The number of nitrogens with one attached hydrogen (secondary N) is 1. The Morgan fingerprint density at radius 2 is 1.81 bits per heavy atom. The monoisotopic (exact) mass is 367 g/mol. The fourth-order valence-electron chi connectivity index (χ4n) is 3.79. The molecule has 1 fully saturated rings. The number of thioether (sulfide) groups is 1. The van der Waals surface area contributed by atoms with Gasteiger partial charge in [-0.05, 0) is 36.1 Å². The number of amides is 2. The van der Waals surface area contributed by atoms with E-state index in [1.54, 1.807) is 12.4 Å². The van der Waals surface area contributed by atoms with Crippen molar-refractivity contribution in [2.75, 3.05) is 12.3 Å². The van der Waals surface area contributed by atoms with Crippen LogP contribution in [-0.4, -0.2) is 46.1 Å². The Morgan fingerprint density at radius 1 is 1.12 bits per heavy atom. The first-order chi connectivity index (χ1) is 12.7. The number of rotatable bonds is 5. The summed E-state index contributed by atoms with van der Waals surface area (Å²) in [5.41, 5.74) is 2.68. The van der Waals surface area contributed by atoms with Crippen molar-refractivity contribution in [2.45, 2.75) is 36.2 Å². The number of hydrogen-bond donors (Lipinski definition) is 1. The van der Waals surface area contributed by atoms with Crippen molar-refractivity contribution < 1.29 is 9.59 Å². The molecule has 4 rings (SSSR count). The SMILES string of the molecule is O=C(CSc1ccncc1)NC1CC(=O)N(C2Cc3ccccc3C2)C1. The van der Waals surface area contributed by atoms with Crippen molar-refractivity contribution in [2.24, 2.45) is 0 Å². The van der Waals surface area contributed by atoms with Crippen LogP contribution in [0.4, 0.5) is 0 Å². The summed E-state index contributed by atoms with van der Waals surface area (Å²) in [6.07, 6.45) is 5.67. The summed E-state index contributed by atoms with van der Waals surface area (Å²) in [6.45, 7) is 0.614. The van der Waals surface area contributed by atoms with Gasteiger partial charge in [0.05, 0.1) is 11.8 Å².